The fourth-order valence-corrected chi connectivity index (χ4v) is 1.66. The number of amides is 2. The van der Waals surface area contributed by atoms with E-state index < -0.39 is 30.5 Å². The van der Waals surface area contributed by atoms with Crippen molar-refractivity contribution in [3.63, 3.8) is 0 Å². The molecule has 6 nitrogen and oxygen atoms in total. The maximum absolute atomic E-state index is 12.3. The molecule has 0 heterocycles. The maximum atomic E-state index is 12.3. The quantitative estimate of drug-likeness (QED) is 0.744. The topological polar surface area (TPSA) is 95.5 Å². The molecule has 0 saturated carbocycles. The molecule has 0 radical (unpaired) electrons. The summed E-state index contributed by atoms with van der Waals surface area (Å²) in [4.78, 5) is 34.0. The normalized spacial score (nSPS) is 12.3. The Balaban J connectivity index is 2.85. The highest BCUT2D eigenvalue weighted by molar-refractivity contribution is 5.98. The number of nitrogens with one attached hydrogen (secondary N) is 2. The Hall–Kier alpha value is -2.58. The molecule has 3 N–H and O–H groups in total. The third-order valence-corrected chi connectivity index (χ3v) is 2.77. The van der Waals surface area contributed by atoms with Gasteiger partial charge in [0.2, 0.25) is 5.91 Å². The van der Waals surface area contributed by atoms with Gasteiger partial charge in [0, 0.05) is 17.7 Å². The monoisotopic (exact) mass is 332 g/mol. The molecule has 1 unspecified atom stereocenters. The fraction of sp³-hybridized carbons (Fsp3) is 0.357. The Kier molecular flexibility index (Phi) is 6.11. The van der Waals surface area contributed by atoms with Crippen molar-refractivity contribution < 1.29 is 32.7 Å². The van der Waals surface area contributed by atoms with Crippen molar-refractivity contribution in [2.24, 2.45) is 0 Å². The van der Waals surface area contributed by atoms with Gasteiger partial charge in [0.15, 0.2) is 0 Å². The SMILES string of the molecule is CCC(=O)Nc1cccc(C(=O)NC(CC(F)(F)F)C(=O)O)c1. The van der Waals surface area contributed by atoms with Crippen molar-refractivity contribution in [1.29, 1.82) is 0 Å². The van der Waals surface area contributed by atoms with Crippen LogP contribution in [0.25, 0.3) is 0 Å². The summed E-state index contributed by atoms with van der Waals surface area (Å²) in [5, 5.41) is 13.1. The zero-order chi connectivity index (χ0) is 17.6. The summed E-state index contributed by atoms with van der Waals surface area (Å²) in [5.74, 6) is -3.07. The van der Waals surface area contributed by atoms with Crippen molar-refractivity contribution in [3.8, 4) is 0 Å². The first-order chi connectivity index (χ1) is 10.6. The van der Waals surface area contributed by atoms with E-state index in [1.54, 1.807) is 6.92 Å². The molecule has 1 atom stereocenters. The number of hydrogen-bond donors (Lipinski definition) is 3. The van der Waals surface area contributed by atoms with E-state index in [1.165, 1.54) is 24.3 Å². The molecular formula is C14H15F3N2O4. The molecular weight excluding hydrogens is 317 g/mol. The van der Waals surface area contributed by atoms with Crippen LogP contribution in [0.4, 0.5) is 18.9 Å². The minimum Gasteiger partial charge on any atom is -0.480 e. The Bertz CT molecular complexity index is 602. The van der Waals surface area contributed by atoms with Gasteiger partial charge in [0.1, 0.15) is 6.04 Å². The number of benzene rings is 1. The number of carbonyl (C=O) groups is 3. The minimum absolute atomic E-state index is 0.0627. The van der Waals surface area contributed by atoms with Gasteiger partial charge in [-0.1, -0.05) is 13.0 Å². The van der Waals surface area contributed by atoms with E-state index in [2.05, 4.69) is 5.32 Å². The standard InChI is InChI=1S/C14H15F3N2O4/c1-2-11(20)18-9-5-3-4-8(6-9)12(21)19-10(13(22)23)7-14(15,16)17/h3-6,10H,2,7H2,1H3,(H,18,20)(H,19,21)(H,22,23). The van der Waals surface area contributed by atoms with Crippen LogP contribution >= 0.6 is 0 Å². The Morgan fingerprint density at radius 1 is 1.26 bits per heavy atom. The molecule has 9 heteroatoms. The largest absolute Gasteiger partial charge is 0.480 e. The molecule has 0 saturated heterocycles. The van der Waals surface area contributed by atoms with E-state index in [1.807, 2.05) is 5.32 Å². The van der Waals surface area contributed by atoms with E-state index in [-0.39, 0.29) is 23.6 Å². The first kappa shape index (κ1) is 18.5. The second kappa shape index (κ2) is 7.61. The average Bonchev–Trinajstić information content (AvgIpc) is 2.45. The summed E-state index contributed by atoms with van der Waals surface area (Å²) in [6.45, 7) is 1.63. The van der Waals surface area contributed by atoms with E-state index in [4.69, 9.17) is 5.11 Å². The number of hydrogen-bond acceptors (Lipinski definition) is 3. The maximum Gasteiger partial charge on any atom is 0.391 e. The van der Waals surface area contributed by atoms with Gasteiger partial charge in [0.25, 0.3) is 5.91 Å². The molecule has 1 rings (SSSR count). The first-order valence-electron chi connectivity index (χ1n) is 6.62. The molecule has 126 valence electrons. The summed E-state index contributed by atoms with van der Waals surface area (Å²) >= 11 is 0. The lowest BCUT2D eigenvalue weighted by atomic mass is 10.1. The number of carbonyl (C=O) groups excluding carboxylic acids is 2. The molecule has 2 amide bonds. The van der Waals surface area contributed by atoms with Gasteiger partial charge >= 0.3 is 12.1 Å². The second-order valence-corrected chi connectivity index (χ2v) is 4.67. The highest BCUT2D eigenvalue weighted by atomic mass is 19.4. The highest BCUT2D eigenvalue weighted by Gasteiger charge is 2.36. The zero-order valence-corrected chi connectivity index (χ0v) is 12.1. The Labute approximate surface area is 129 Å². The lowest BCUT2D eigenvalue weighted by Crippen LogP contribution is -2.43. The van der Waals surface area contributed by atoms with Gasteiger partial charge in [-0.25, -0.2) is 4.79 Å². The lowest BCUT2D eigenvalue weighted by Gasteiger charge is -2.16. The van der Waals surface area contributed by atoms with Crippen molar-refractivity contribution >= 4 is 23.5 Å². The molecule has 1 aromatic rings. The number of alkyl halides is 3. The van der Waals surface area contributed by atoms with Crippen LogP contribution in [-0.2, 0) is 9.59 Å². The van der Waals surface area contributed by atoms with Gasteiger partial charge < -0.3 is 15.7 Å². The number of halogens is 3. The highest BCUT2D eigenvalue weighted by Crippen LogP contribution is 2.22. The molecule has 0 aliphatic rings. The van der Waals surface area contributed by atoms with Crippen LogP contribution in [0.5, 0.6) is 0 Å². The lowest BCUT2D eigenvalue weighted by molar-refractivity contribution is -0.157. The van der Waals surface area contributed by atoms with Crippen molar-refractivity contribution in [3.05, 3.63) is 29.8 Å². The van der Waals surface area contributed by atoms with E-state index in [0.717, 1.165) is 0 Å². The van der Waals surface area contributed by atoms with E-state index in [0.29, 0.717) is 0 Å². The number of carboxylic acid groups (broad SMARTS) is 1. The van der Waals surface area contributed by atoms with Crippen LogP contribution in [0.15, 0.2) is 24.3 Å². The van der Waals surface area contributed by atoms with Crippen LogP contribution in [0, 0.1) is 0 Å². The van der Waals surface area contributed by atoms with Crippen LogP contribution in [-0.4, -0.2) is 35.1 Å². The predicted molar refractivity (Wildman–Crippen MR) is 74.9 cm³/mol. The molecule has 0 fully saturated rings. The third-order valence-electron chi connectivity index (χ3n) is 2.77. The smallest absolute Gasteiger partial charge is 0.391 e. The van der Waals surface area contributed by atoms with Gasteiger partial charge in [-0.2, -0.15) is 13.2 Å². The summed E-state index contributed by atoms with van der Waals surface area (Å²) in [7, 11) is 0. The van der Waals surface area contributed by atoms with Crippen molar-refractivity contribution in [1.82, 2.24) is 5.32 Å². The third kappa shape index (κ3) is 6.37. The van der Waals surface area contributed by atoms with Crippen LogP contribution < -0.4 is 10.6 Å². The summed E-state index contributed by atoms with van der Waals surface area (Å²) in [5.41, 5.74) is 0.222. The average molecular weight is 332 g/mol. The van der Waals surface area contributed by atoms with Gasteiger partial charge in [-0.05, 0) is 18.2 Å². The molecule has 1 aromatic carbocycles. The number of carboxylic acids is 1. The molecule has 0 spiro atoms. The van der Waals surface area contributed by atoms with Crippen LogP contribution in [0.1, 0.15) is 30.1 Å². The first-order valence-corrected chi connectivity index (χ1v) is 6.62. The second-order valence-electron chi connectivity index (χ2n) is 4.67. The van der Waals surface area contributed by atoms with Crippen molar-refractivity contribution in [2.45, 2.75) is 32.0 Å². The fourth-order valence-electron chi connectivity index (χ4n) is 1.66. The number of rotatable bonds is 6. The van der Waals surface area contributed by atoms with Crippen molar-refractivity contribution in [2.75, 3.05) is 5.32 Å². The zero-order valence-electron chi connectivity index (χ0n) is 12.1. The predicted octanol–water partition coefficient (Wildman–Crippen LogP) is 2.17. The van der Waals surface area contributed by atoms with Gasteiger partial charge in [-0.15, -0.1) is 0 Å². The molecule has 0 aliphatic heterocycles. The van der Waals surface area contributed by atoms with E-state index >= 15 is 0 Å². The van der Waals surface area contributed by atoms with Gasteiger partial charge in [0.05, 0.1) is 6.42 Å². The number of aliphatic carboxylic acids is 1. The van der Waals surface area contributed by atoms with Gasteiger partial charge in [-0.3, -0.25) is 9.59 Å². The molecule has 23 heavy (non-hydrogen) atoms. The summed E-state index contributed by atoms with van der Waals surface area (Å²) in [6.07, 6.45) is -6.20. The molecule has 0 aromatic heterocycles. The summed E-state index contributed by atoms with van der Waals surface area (Å²) in [6, 6.07) is 3.36. The minimum atomic E-state index is -4.73. The summed E-state index contributed by atoms with van der Waals surface area (Å²) < 4.78 is 36.9. The molecule has 0 bridgehead atoms. The van der Waals surface area contributed by atoms with Crippen LogP contribution in [0.2, 0.25) is 0 Å². The van der Waals surface area contributed by atoms with E-state index in [9.17, 15) is 27.6 Å². The Morgan fingerprint density at radius 2 is 1.91 bits per heavy atom. The Morgan fingerprint density at radius 3 is 2.43 bits per heavy atom. The molecule has 0 aliphatic carbocycles. The van der Waals surface area contributed by atoms with Crippen LogP contribution in [0.3, 0.4) is 0 Å². The number of anilines is 1.